The lowest BCUT2D eigenvalue weighted by atomic mass is 9.82. The fourth-order valence-electron chi connectivity index (χ4n) is 2.85. The number of benzene rings is 1. The molecule has 0 fully saturated rings. The number of hydrogen-bond donors (Lipinski definition) is 0. The molecule has 5 nitrogen and oxygen atoms in total. The zero-order valence-corrected chi connectivity index (χ0v) is 12.3. The molecular weight excluding hydrogens is 340 g/mol. The van der Waals surface area contributed by atoms with Crippen LogP contribution < -0.4 is 0 Å². The summed E-state index contributed by atoms with van der Waals surface area (Å²) in [6, 6.07) is 7.25. The van der Waals surface area contributed by atoms with E-state index < -0.39 is 11.8 Å². The van der Waals surface area contributed by atoms with Crippen LogP contribution in [0.15, 0.2) is 47.7 Å². The highest BCUT2D eigenvalue weighted by Gasteiger charge is 2.52. The Labute approximate surface area is 128 Å². The van der Waals surface area contributed by atoms with E-state index in [4.69, 9.17) is 14.2 Å². The molecule has 2 unspecified atom stereocenters. The lowest BCUT2D eigenvalue weighted by Gasteiger charge is -2.36. The summed E-state index contributed by atoms with van der Waals surface area (Å²) in [6.07, 6.45) is 2.68. The number of carbonyl (C=O) groups excluding carboxylic acids is 2. The lowest BCUT2D eigenvalue weighted by Crippen LogP contribution is -2.41. The minimum absolute atomic E-state index is 0.107. The second-order valence-electron chi connectivity index (χ2n) is 4.95. The maximum Gasteiger partial charge on any atom is 0.514 e. The van der Waals surface area contributed by atoms with Gasteiger partial charge in [-0.15, -0.1) is 0 Å². The van der Waals surface area contributed by atoms with Gasteiger partial charge in [-0.1, -0.05) is 34.1 Å². The molecule has 0 saturated heterocycles. The predicted octanol–water partition coefficient (Wildman–Crippen LogP) is 2.81. The van der Waals surface area contributed by atoms with Gasteiger partial charge in [-0.25, -0.2) is 9.59 Å². The van der Waals surface area contributed by atoms with E-state index in [1.165, 1.54) is 0 Å². The summed E-state index contributed by atoms with van der Waals surface area (Å²) in [5.41, 5.74) is 1.14. The van der Waals surface area contributed by atoms with Crippen molar-refractivity contribution < 1.29 is 23.8 Å². The number of esters is 1. The van der Waals surface area contributed by atoms with Gasteiger partial charge < -0.3 is 14.2 Å². The van der Waals surface area contributed by atoms with Gasteiger partial charge in [0.05, 0.1) is 10.4 Å². The maximum atomic E-state index is 12.1. The first-order valence-corrected chi connectivity index (χ1v) is 7.27. The van der Waals surface area contributed by atoms with Crippen LogP contribution in [0.25, 0.3) is 0 Å². The van der Waals surface area contributed by atoms with Crippen LogP contribution in [0.4, 0.5) is 4.79 Å². The molecule has 0 aromatic heterocycles. The van der Waals surface area contributed by atoms with Crippen LogP contribution in [-0.2, 0) is 19.8 Å². The monoisotopic (exact) mass is 348 g/mol. The SMILES string of the molecule is O=C1OCC2=C(C=CC3(OC(=O)c4ccccc43)C2Br)O1. The molecule has 2 heterocycles. The highest BCUT2D eigenvalue weighted by molar-refractivity contribution is 9.09. The number of cyclic esters (lactones) is 1. The maximum absolute atomic E-state index is 12.1. The molecule has 2 aliphatic heterocycles. The molecule has 0 radical (unpaired) electrons. The van der Waals surface area contributed by atoms with Gasteiger partial charge in [-0.2, -0.15) is 0 Å². The number of hydrogen-bond acceptors (Lipinski definition) is 5. The summed E-state index contributed by atoms with van der Waals surface area (Å²) in [6.45, 7) is 0.107. The highest BCUT2D eigenvalue weighted by Crippen LogP contribution is 2.49. The summed E-state index contributed by atoms with van der Waals surface area (Å²) in [5, 5.41) is 0. The van der Waals surface area contributed by atoms with Gasteiger partial charge in [-0.05, 0) is 18.2 Å². The van der Waals surface area contributed by atoms with Gasteiger partial charge in [0.15, 0.2) is 5.60 Å². The topological polar surface area (TPSA) is 61.8 Å². The number of alkyl halides is 1. The minimum Gasteiger partial charge on any atom is -0.445 e. The first-order valence-electron chi connectivity index (χ1n) is 6.35. The standard InChI is InChI=1S/C15H9BrO5/c16-12-9-7-19-14(18)20-11(9)5-6-15(12)10-4-2-1-3-8(10)13(17)21-15/h1-6,12H,7H2. The van der Waals surface area contributed by atoms with Crippen LogP contribution in [0.3, 0.4) is 0 Å². The summed E-state index contributed by atoms with van der Waals surface area (Å²) >= 11 is 3.57. The second kappa shape index (κ2) is 4.21. The van der Waals surface area contributed by atoms with E-state index in [2.05, 4.69) is 15.9 Å². The van der Waals surface area contributed by atoms with E-state index in [1.807, 2.05) is 12.1 Å². The molecule has 4 rings (SSSR count). The van der Waals surface area contributed by atoms with Gasteiger partial charge in [0, 0.05) is 11.1 Å². The van der Waals surface area contributed by atoms with Gasteiger partial charge >= 0.3 is 12.1 Å². The predicted molar refractivity (Wildman–Crippen MR) is 74.8 cm³/mol. The Balaban J connectivity index is 1.85. The van der Waals surface area contributed by atoms with E-state index in [9.17, 15) is 9.59 Å². The Hall–Kier alpha value is -2.08. The van der Waals surface area contributed by atoms with E-state index in [-0.39, 0.29) is 17.4 Å². The van der Waals surface area contributed by atoms with Crippen molar-refractivity contribution in [3.05, 3.63) is 58.9 Å². The molecule has 106 valence electrons. The Morgan fingerprint density at radius 3 is 2.90 bits per heavy atom. The average Bonchev–Trinajstić information content (AvgIpc) is 2.78. The Morgan fingerprint density at radius 1 is 1.24 bits per heavy atom. The van der Waals surface area contributed by atoms with Crippen molar-refractivity contribution in [3.8, 4) is 0 Å². The van der Waals surface area contributed by atoms with Crippen molar-refractivity contribution in [2.75, 3.05) is 6.61 Å². The molecule has 1 spiro atoms. The quantitative estimate of drug-likeness (QED) is 0.532. The van der Waals surface area contributed by atoms with Crippen LogP contribution in [-0.4, -0.2) is 23.6 Å². The number of allylic oxidation sites excluding steroid dienone is 1. The van der Waals surface area contributed by atoms with Crippen molar-refractivity contribution in [2.45, 2.75) is 10.4 Å². The number of fused-ring (bicyclic) bond motifs is 2. The second-order valence-corrected chi connectivity index (χ2v) is 5.87. The first kappa shape index (κ1) is 12.6. The average molecular weight is 349 g/mol. The molecular formula is C15H9BrO5. The summed E-state index contributed by atoms with van der Waals surface area (Å²) < 4.78 is 15.6. The van der Waals surface area contributed by atoms with Gasteiger partial charge in [0.25, 0.3) is 0 Å². The normalized spacial score (nSPS) is 29.7. The van der Waals surface area contributed by atoms with Crippen molar-refractivity contribution >= 4 is 28.1 Å². The van der Waals surface area contributed by atoms with Crippen molar-refractivity contribution in [1.29, 1.82) is 0 Å². The van der Waals surface area contributed by atoms with E-state index >= 15 is 0 Å². The zero-order valence-electron chi connectivity index (χ0n) is 10.7. The highest BCUT2D eigenvalue weighted by atomic mass is 79.9. The summed E-state index contributed by atoms with van der Waals surface area (Å²) in [7, 11) is 0. The molecule has 1 aliphatic carbocycles. The third-order valence-corrected chi connectivity index (χ3v) is 5.08. The summed E-state index contributed by atoms with van der Waals surface area (Å²) in [5.74, 6) is 0.0802. The van der Waals surface area contributed by atoms with E-state index in [1.54, 1.807) is 24.3 Å². The van der Waals surface area contributed by atoms with Crippen LogP contribution in [0, 0.1) is 0 Å². The molecule has 0 saturated carbocycles. The molecule has 21 heavy (non-hydrogen) atoms. The third-order valence-electron chi connectivity index (χ3n) is 3.85. The van der Waals surface area contributed by atoms with Crippen LogP contribution in [0.5, 0.6) is 0 Å². The molecule has 3 aliphatic rings. The summed E-state index contributed by atoms with van der Waals surface area (Å²) in [4.78, 5) is 22.9. The third kappa shape index (κ3) is 1.62. The fraction of sp³-hybridized carbons (Fsp3) is 0.200. The minimum atomic E-state index is -0.931. The molecule has 0 bridgehead atoms. The molecule has 1 aromatic carbocycles. The lowest BCUT2D eigenvalue weighted by molar-refractivity contribution is 0.0105. The zero-order chi connectivity index (χ0) is 14.6. The van der Waals surface area contributed by atoms with Crippen molar-refractivity contribution in [1.82, 2.24) is 0 Å². The number of ether oxygens (including phenoxy) is 3. The number of halogens is 1. The fourth-order valence-corrected chi connectivity index (χ4v) is 3.70. The van der Waals surface area contributed by atoms with Gasteiger partial charge in [0.2, 0.25) is 0 Å². The van der Waals surface area contributed by atoms with Gasteiger partial charge in [0.1, 0.15) is 12.4 Å². The Kier molecular flexibility index (Phi) is 2.53. The molecule has 0 amide bonds. The number of carbonyl (C=O) groups is 2. The van der Waals surface area contributed by atoms with Crippen molar-refractivity contribution in [3.63, 3.8) is 0 Å². The van der Waals surface area contributed by atoms with Crippen LogP contribution in [0.1, 0.15) is 15.9 Å². The smallest absolute Gasteiger partial charge is 0.445 e. The molecule has 2 atom stereocenters. The Bertz CT molecular complexity index is 735. The number of rotatable bonds is 0. The molecule has 0 N–H and O–H groups in total. The molecule has 6 heteroatoms. The first-order chi connectivity index (χ1) is 10.1. The van der Waals surface area contributed by atoms with Crippen LogP contribution >= 0.6 is 15.9 Å². The van der Waals surface area contributed by atoms with E-state index in [0.29, 0.717) is 11.3 Å². The Morgan fingerprint density at radius 2 is 2.05 bits per heavy atom. The van der Waals surface area contributed by atoms with E-state index in [0.717, 1.165) is 11.1 Å². The molecule has 1 aromatic rings. The van der Waals surface area contributed by atoms with Gasteiger partial charge in [-0.3, -0.25) is 0 Å². The van der Waals surface area contributed by atoms with Crippen LogP contribution in [0.2, 0.25) is 0 Å². The van der Waals surface area contributed by atoms with Crippen molar-refractivity contribution in [2.24, 2.45) is 0 Å². The largest absolute Gasteiger partial charge is 0.514 e.